The molecule has 0 unspecified atom stereocenters. The van der Waals surface area contributed by atoms with E-state index in [0.717, 1.165) is 11.2 Å². The van der Waals surface area contributed by atoms with Crippen molar-refractivity contribution >= 4 is 65.0 Å². The fourth-order valence-corrected chi connectivity index (χ4v) is 10.1. The number of fused-ring (bicyclic) bond motifs is 12. The Bertz CT molecular complexity index is 3380. The average molecular weight is 713 g/mol. The number of hydrogen-bond donors (Lipinski definition) is 0. The van der Waals surface area contributed by atoms with Crippen molar-refractivity contribution in [2.45, 2.75) is 19.3 Å². The minimum absolute atomic E-state index is 0.176. The summed E-state index contributed by atoms with van der Waals surface area (Å²) in [7, 11) is 0. The molecule has 1 nitrogen and oxygen atoms in total. The fourth-order valence-electron chi connectivity index (χ4n) is 10.1. The van der Waals surface area contributed by atoms with Crippen molar-refractivity contribution in [2.24, 2.45) is 0 Å². The SMILES string of the molecule is CC1(C)c2cc(-c3ccc(-c4c5ccccc5c(-c5ccccc5)c5ccccc45)c4ccccc34)ccc2-c2c1ccc1ccc3oc4ccccc4c3c21. The first-order valence-electron chi connectivity index (χ1n) is 19.6. The van der Waals surface area contributed by atoms with Gasteiger partial charge in [-0.05, 0) is 112 Å². The second-order valence-corrected chi connectivity index (χ2v) is 15.9. The summed E-state index contributed by atoms with van der Waals surface area (Å²) < 4.78 is 6.39. The van der Waals surface area contributed by atoms with Crippen LogP contribution in [0.3, 0.4) is 0 Å². The van der Waals surface area contributed by atoms with Crippen LogP contribution in [-0.2, 0) is 5.41 Å². The zero-order valence-corrected chi connectivity index (χ0v) is 31.2. The summed E-state index contributed by atoms with van der Waals surface area (Å²) in [6.45, 7) is 4.77. The summed E-state index contributed by atoms with van der Waals surface area (Å²) in [6, 6.07) is 67.1. The first-order chi connectivity index (χ1) is 27.6. The Morgan fingerprint density at radius 3 is 1.61 bits per heavy atom. The smallest absolute Gasteiger partial charge is 0.136 e. The lowest BCUT2D eigenvalue weighted by atomic mass is 9.80. The van der Waals surface area contributed by atoms with E-state index < -0.39 is 0 Å². The molecular formula is C55H36O. The van der Waals surface area contributed by atoms with Crippen LogP contribution < -0.4 is 0 Å². The topological polar surface area (TPSA) is 13.1 Å². The van der Waals surface area contributed by atoms with Gasteiger partial charge in [0.1, 0.15) is 11.2 Å². The van der Waals surface area contributed by atoms with Gasteiger partial charge in [0.05, 0.1) is 0 Å². The maximum absolute atomic E-state index is 6.39. The molecule has 56 heavy (non-hydrogen) atoms. The molecule has 0 spiro atoms. The lowest BCUT2D eigenvalue weighted by Crippen LogP contribution is -2.15. The quantitative estimate of drug-likeness (QED) is 0.166. The molecular weight excluding hydrogens is 677 g/mol. The maximum Gasteiger partial charge on any atom is 0.136 e. The first kappa shape index (κ1) is 31.4. The van der Waals surface area contributed by atoms with E-state index >= 15 is 0 Å². The number of furan rings is 1. The molecule has 1 aliphatic rings. The van der Waals surface area contributed by atoms with Crippen LogP contribution in [0.15, 0.2) is 186 Å². The summed E-state index contributed by atoms with van der Waals surface area (Å²) in [4.78, 5) is 0. The summed E-state index contributed by atoms with van der Waals surface area (Å²) >= 11 is 0. The Kier molecular flexibility index (Phi) is 6.46. The Balaban J connectivity index is 1.08. The summed E-state index contributed by atoms with van der Waals surface area (Å²) in [5.41, 5.74) is 14.6. The predicted molar refractivity (Wildman–Crippen MR) is 238 cm³/mol. The lowest BCUT2D eigenvalue weighted by Gasteiger charge is -2.23. The lowest BCUT2D eigenvalue weighted by molar-refractivity contribution is 0.661. The van der Waals surface area contributed by atoms with Crippen molar-refractivity contribution < 1.29 is 4.42 Å². The zero-order valence-electron chi connectivity index (χ0n) is 31.2. The fraction of sp³-hybridized carbons (Fsp3) is 0.0545. The minimum Gasteiger partial charge on any atom is -0.456 e. The molecule has 0 atom stereocenters. The third-order valence-electron chi connectivity index (χ3n) is 12.7. The second-order valence-electron chi connectivity index (χ2n) is 15.9. The van der Waals surface area contributed by atoms with E-state index in [1.807, 2.05) is 0 Å². The Morgan fingerprint density at radius 1 is 0.339 bits per heavy atom. The molecule has 0 saturated carbocycles. The highest BCUT2D eigenvalue weighted by molar-refractivity contribution is 6.25. The Morgan fingerprint density at radius 2 is 0.893 bits per heavy atom. The minimum atomic E-state index is -0.176. The van der Waals surface area contributed by atoms with Crippen molar-refractivity contribution in [3.63, 3.8) is 0 Å². The Hall–Kier alpha value is -6.96. The molecule has 0 bridgehead atoms. The van der Waals surface area contributed by atoms with Gasteiger partial charge in [0, 0.05) is 21.6 Å². The van der Waals surface area contributed by atoms with Gasteiger partial charge in [0.2, 0.25) is 0 Å². The van der Waals surface area contributed by atoms with Gasteiger partial charge in [-0.1, -0.05) is 178 Å². The molecule has 0 radical (unpaired) electrons. The summed E-state index contributed by atoms with van der Waals surface area (Å²) in [5, 5.41) is 12.5. The predicted octanol–water partition coefficient (Wildman–Crippen LogP) is 15.5. The third-order valence-corrected chi connectivity index (χ3v) is 12.7. The highest BCUT2D eigenvalue weighted by Gasteiger charge is 2.37. The van der Waals surface area contributed by atoms with Crippen LogP contribution in [0.2, 0.25) is 0 Å². The van der Waals surface area contributed by atoms with E-state index in [1.165, 1.54) is 109 Å². The number of rotatable bonds is 3. The van der Waals surface area contributed by atoms with E-state index in [1.54, 1.807) is 0 Å². The van der Waals surface area contributed by atoms with E-state index in [9.17, 15) is 0 Å². The molecule has 1 aromatic heterocycles. The molecule has 0 N–H and O–H groups in total. The van der Waals surface area contributed by atoms with Crippen LogP contribution in [0, 0.1) is 0 Å². The molecule has 1 heteroatoms. The number of para-hydroxylation sites is 1. The first-order valence-corrected chi connectivity index (χ1v) is 19.6. The van der Waals surface area contributed by atoms with E-state index in [2.05, 4.69) is 196 Å². The van der Waals surface area contributed by atoms with Crippen molar-refractivity contribution in [1.82, 2.24) is 0 Å². The normalized spacial score (nSPS) is 13.3. The van der Waals surface area contributed by atoms with Gasteiger partial charge in [-0.15, -0.1) is 0 Å². The van der Waals surface area contributed by atoms with Crippen molar-refractivity contribution in [2.75, 3.05) is 0 Å². The number of hydrogen-bond acceptors (Lipinski definition) is 1. The molecule has 0 amide bonds. The van der Waals surface area contributed by atoms with E-state index in [4.69, 9.17) is 4.42 Å². The van der Waals surface area contributed by atoms with Crippen molar-refractivity contribution in [3.8, 4) is 44.5 Å². The molecule has 0 aliphatic heterocycles. The van der Waals surface area contributed by atoms with Crippen molar-refractivity contribution in [1.29, 1.82) is 0 Å². The number of benzene rings is 10. The van der Waals surface area contributed by atoms with Gasteiger partial charge in [-0.25, -0.2) is 0 Å². The van der Waals surface area contributed by atoms with Gasteiger partial charge in [0.15, 0.2) is 0 Å². The molecule has 12 rings (SSSR count). The molecule has 262 valence electrons. The molecule has 1 heterocycles. The highest BCUT2D eigenvalue weighted by Crippen LogP contribution is 2.54. The molecule has 1 aliphatic carbocycles. The molecule has 0 saturated heterocycles. The van der Waals surface area contributed by atoms with E-state index in [-0.39, 0.29) is 5.41 Å². The largest absolute Gasteiger partial charge is 0.456 e. The molecule has 10 aromatic carbocycles. The van der Waals surface area contributed by atoms with Crippen LogP contribution in [-0.4, -0.2) is 0 Å². The summed E-state index contributed by atoms with van der Waals surface area (Å²) in [5.74, 6) is 0. The second kappa shape index (κ2) is 11.5. The zero-order chi connectivity index (χ0) is 37.1. The van der Waals surface area contributed by atoms with Gasteiger partial charge in [-0.2, -0.15) is 0 Å². The van der Waals surface area contributed by atoms with Gasteiger partial charge < -0.3 is 4.42 Å². The highest BCUT2D eigenvalue weighted by atomic mass is 16.3. The van der Waals surface area contributed by atoms with Crippen LogP contribution in [0.1, 0.15) is 25.0 Å². The Labute approximate surface area is 325 Å². The standard InChI is InChI=1S/C55H36O/c1-55(2)46-30-25-34-26-31-49-54(45-22-12-13-23-48(45)56-49)51(34)53(46)44-27-24-35(32-47(44)55)36-28-29-43(38-17-7-6-16-37(36)38)52-41-20-10-8-18-39(41)50(33-14-4-3-5-15-33)40-19-9-11-21-42(40)52/h3-32H,1-2H3. The van der Waals surface area contributed by atoms with E-state index in [0.29, 0.717) is 0 Å². The van der Waals surface area contributed by atoms with Gasteiger partial charge in [-0.3, -0.25) is 0 Å². The van der Waals surface area contributed by atoms with Gasteiger partial charge in [0.25, 0.3) is 0 Å². The van der Waals surface area contributed by atoms with Crippen LogP contribution >= 0.6 is 0 Å². The average Bonchev–Trinajstić information content (AvgIpc) is 3.74. The molecule has 11 aromatic rings. The van der Waals surface area contributed by atoms with Crippen LogP contribution in [0.4, 0.5) is 0 Å². The maximum atomic E-state index is 6.39. The van der Waals surface area contributed by atoms with Crippen LogP contribution in [0.25, 0.3) is 110 Å². The summed E-state index contributed by atoms with van der Waals surface area (Å²) in [6.07, 6.45) is 0. The monoisotopic (exact) mass is 712 g/mol. The van der Waals surface area contributed by atoms with Crippen molar-refractivity contribution in [3.05, 3.63) is 193 Å². The van der Waals surface area contributed by atoms with Gasteiger partial charge >= 0.3 is 0 Å². The van der Waals surface area contributed by atoms with Crippen LogP contribution in [0.5, 0.6) is 0 Å². The molecule has 0 fully saturated rings. The third kappa shape index (κ3) is 4.26.